The molecule has 0 unspecified atom stereocenters. The van der Waals surface area contributed by atoms with Gasteiger partial charge in [0.15, 0.2) is 0 Å². The molecule has 0 N–H and O–H groups in total. The molecule has 4 aromatic carbocycles. The second-order valence-corrected chi connectivity index (χ2v) is 28.4. The third kappa shape index (κ3) is 13.0. The van der Waals surface area contributed by atoms with Gasteiger partial charge in [-0.05, 0) is 38.3 Å². The van der Waals surface area contributed by atoms with Gasteiger partial charge < -0.3 is 8.85 Å². The molecule has 0 aliphatic rings. The zero-order valence-electron chi connectivity index (χ0n) is 24.8. The van der Waals surface area contributed by atoms with E-state index in [0.29, 0.717) is 0 Å². The standard InChI is InChI=1S/2C15H21OSi.C2H4.2ClH.Zr/c2*1-4-5-10-17(2,3)16-15-11-13-8-6-7-9-14(13)12-15;1-2;;;/h2*6-9,11-12H,4-5,10H2,1-3H3;1H,2H3;2*1H;/q2*-1;;;;+2/p-2. The van der Waals surface area contributed by atoms with Crippen LogP contribution in [0.4, 0.5) is 0 Å². The summed E-state index contributed by atoms with van der Waals surface area (Å²) in [5.74, 6) is 2.11. The molecule has 39 heavy (non-hydrogen) atoms. The van der Waals surface area contributed by atoms with Crippen molar-refractivity contribution in [3.63, 3.8) is 0 Å². The number of halogens is 2. The number of unbranched alkanes of at least 4 members (excludes halogenated alkanes) is 2. The van der Waals surface area contributed by atoms with Gasteiger partial charge in [-0.1, -0.05) is 51.7 Å². The summed E-state index contributed by atoms with van der Waals surface area (Å²) < 4.78 is 14.3. The summed E-state index contributed by atoms with van der Waals surface area (Å²) in [4.78, 5) is 0. The summed E-state index contributed by atoms with van der Waals surface area (Å²) >= 11 is -1.76. The Balaban J connectivity index is 0.000000234. The van der Waals surface area contributed by atoms with E-state index in [0.717, 1.165) is 11.5 Å². The van der Waals surface area contributed by atoms with Gasteiger partial charge in [0.05, 0.1) is 0 Å². The number of hydrogen-bond acceptors (Lipinski definition) is 2. The van der Waals surface area contributed by atoms with Gasteiger partial charge in [-0.3, -0.25) is 0 Å². The Kier molecular flexibility index (Phi) is 15.0. The van der Waals surface area contributed by atoms with E-state index in [1.807, 2.05) is 10.6 Å². The van der Waals surface area contributed by atoms with Crippen LogP contribution in [-0.2, 0) is 18.9 Å². The summed E-state index contributed by atoms with van der Waals surface area (Å²) in [5.41, 5.74) is 0. The average Bonchev–Trinajstić information content (AvgIpc) is 3.48. The van der Waals surface area contributed by atoms with E-state index in [-0.39, 0.29) is 0 Å². The van der Waals surface area contributed by atoms with E-state index < -0.39 is 35.5 Å². The molecule has 0 saturated carbocycles. The van der Waals surface area contributed by atoms with Crippen molar-refractivity contribution in [1.82, 2.24) is 0 Å². The normalized spacial score (nSPS) is 11.3. The fourth-order valence-electron chi connectivity index (χ4n) is 4.31. The van der Waals surface area contributed by atoms with Gasteiger partial charge in [-0.25, -0.2) is 0 Å². The van der Waals surface area contributed by atoms with Crippen LogP contribution in [0.2, 0.25) is 38.3 Å². The summed E-state index contributed by atoms with van der Waals surface area (Å²) in [6, 6.07) is 28.0. The molecule has 0 aliphatic carbocycles. The Bertz CT molecular complexity index is 1130. The molecule has 0 atom stereocenters. The van der Waals surface area contributed by atoms with Crippen LogP contribution in [0.5, 0.6) is 11.5 Å². The minimum atomic E-state index is -1.76. The first-order valence-corrected chi connectivity index (χ1v) is 28.1. The van der Waals surface area contributed by atoms with E-state index in [2.05, 4.69) is 113 Å². The summed E-state index contributed by atoms with van der Waals surface area (Å²) in [5, 5.41) is 5.12. The molecule has 0 aromatic heterocycles. The molecule has 4 rings (SSSR count). The van der Waals surface area contributed by atoms with Crippen molar-refractivity contribution < 1.29 is 27.7 Å². The summed E-state index contributed by atoms with van der Waals surface area (Å²) in [7, 11) is 7.68. The predicted octanol–water partition coefficient (Wildman–Crippen LogP) is 11.6. The van der Waals surface area contributed by atoms with E-state index in [1.165, 1.54) is 59.3 Å². The Morgan fingerprint density at radius 3 is 1.38 bits per heavy atom. The molecule has 4 aromatic rings. The molecule has 0 heterocycles. The monoisotopic (exact) mass is 678 g/mol. The molecule has 7 heteroatoms. The molecular formula is C32H46Cl2O2Si2Zr-2. The fraction of sp³-hybridized carbons (Fsp3) is 0.406. The number of hydrogen-bond donors (Lipinski definition) is 0. The first-order chi connectivity index (χ1) is 18.5. The Labute approximate surface area is 253 Å². The molecule has 0 radical (unpaired) electrons. The van der Waals surface area contributed by atoms with E-state index in [1.54, 1.807) is 0 Å². The number of fused-ring (bicyclic) bond motifs is 2. The average molecular weight is 681 g/mol. The molecule has 0 bridgehead atoms. The third-order valence-electron chi connectivity index (χ3n) is 6.45. The van der Waals surface area contributed by atoms with Gasteiger partial charge in [0.1, 0.15) is 0 Å². The van der Waals surface area contributed by atoms with Crippen molar-refractivity contribution in [2.75, 3.05) is 0 Å². The van der Waals surface area contributed by atoms with Crippen molar-refractivity contribution in [1.29, 1.82) is 0 Å². The topological polar surface area (TPSA) is 18.5 Å². The molecular weight excluding hydrogens is 635 g/mol. The van der Waals surface area contributed by atoms with Crippen LogP contribution in [0.1, 0.15) is 46.5 Å². The van der Waals surface area contributed by atoms with Crippen molar-refractivity contribution in [2.24, 2.45) is 0 Å². The Hall–Kier alpha value is -0.973. The zero-order valence-corrected chi connectivity index (χ0v) is 30.8. The Morgan fingerprint density at radius 1 is 0.718 bits per heavy atom. The molecule has 0 saturated heterocycles. The molecule has 0 aliphatic heterocycles. The first kappa shape index (κ1) is 34.2. The second kappa shape index (κ2) is 17.1. The van der Waals surface area contributed by atoms with E-state index in [4.69, 9.17) is 25.9 Å². The minimum absolute atomic E-state index is 1.05. The van der Waals surface area contributed by atoms with Crippen LogP contribution in [0, 0.1) is 0 Å². The van der Waals surface area contributed by atoms with Crippen LogP contribution < -0.4 is 8.85 Å². The van der Waals surface area contributed by atoms with Crippen LogP contribution >= 0.6 is 17.0 Å². The maximum absolute atomic E-state index is 6.23. The van der Waals surface area contributed by atoms with Gasteiger partial charge in [0, 0.05) is 11.5 Å². The van der Waals surface area contributed by atoms with Crippen molar-refractivity contribution in [2.45, 2.75) is 84.7 Å². The summed E-state index contributed by atoms with van der Waals surface area (Å²) in [6.07, 6.45) is 5.06. The van der Waals surface area contributed by atoms with Crippen LogP contribution in [0.15, 0.2) is 72.8 Å². The second-order valence-electron chi connectivity index (χ2n) is 11.1. The quantitative estimate of drug-likeness (QED) is 0.123. The van der Waals surface area contributed by atoms with E-state index >= 15 is 0 Å². The van der Waals surface area contributed by atoms with Gasteiger partial charge in [0.2, 0.25) is 16.6 Å². The van der Waals surface area contributed by atoms with Crippen LogP contribution in [-0.4, -0.2) is 20.3 Å². The van der Waals surface area contributed by atoms with Gasteiger partial charge in [0.25, 0.3) is 0 Å². The van der Waals surface area contributed by atoms with Crippen molar-refractivity contribution in [3.05, 3.63) is 72.8 Å². The van der Waals surface area contributed by atoms with E-state index in [9.17, 15) is 0 Å². The van der Waals surface area contributed by atoms with Crippen molar-refractivity contribution in [3.8, 4) is 11.5 Å². The SMILES string of the molecule is CCCC[Si](C)(C)Oc1cc2ccccc2[cH-]1.CCCC[Si](C)(C)Oc1cc2ccccc2[cH-]1.C[CH]=[Zr]([Cl])[Cl]. The van der Waals surface area contributed by atoms with Crippen molar-refractivity contribution >= 4 is 58.9 Å². The summed E-state index contributed by atoms with van der Waals surface area (Å²) in [6.45, 7) is 15.6. The number of rotatable bonds is 10. The van der Waals surface area contributed by atoms with Gasteiger partial charge in [-0.2, -0.15) is 0 Å². The zero-order chi connectivity index (χ0) is 28.9. The predicted molar refractivity (Wildman–Crippen MR) is 178 cm³/mol. The fourth-order valence-corrected chi connectivity index (χ4v) is 8.43. The van der Waals surface area contributed by atoms with Gasteiger partial charge in [-0.15, -0.1) is 82.2 Å². The molecule has 214 valence electrons. The van der Waals surface area contributed by atoms with Gasteiger partial charge >= 0.3 is 46.5 Å². The maximum atomic E-state index is 6.23. The number of benzene rings is 2. The van der Waals surface area contributed by atoms with Crippen LogP contribution in [0.25, 0.3) is 21.5 Å². The van der Waals surface area contributed by atoms with Crippen LogP contribution in [0.3, 0.4) is 0 Å². The molecule has 2 nitrogen and oxygen atoms in total. The molecule has 0 amide bonds. The Morgan fingerprint density at radius 2 is 1.08 bits per heavy atom. The molecule has 0 spiro atoms. The third-order valence-corrected chi connectivity index (χ3v) is 14.8. The first-order valence-electron chi connectivity index (χ1n) is 14.1. The molecule has 0 fully saturated rings.